The Morgan fingerprint density at radius 2 is 2.05 bits per heavy atom. The Labute approximate surface area is 120 Å². The van der Waals surface area contributed by atoms with E-state index in [1.54, 1.807) is 18.7 Å². The molecule has 1 aliphatic rings. The molecule has 1 saturated heterocycles. The summed E-state index contributed by atoms with van der Waals surface area (Å²) in [7, 11) is 0. The van der Waals surface area contributed by atoms with Gasteiger partial charge in [-0.2, -0.15) is 13.2 Å². The molecule has 1 aliphatic heterocycles. The summed E-state index contributed by atoms with van der Waals surface area (Å²) in [5.74, 6) is -1.38. The number of ether oxygens (including phenoxy) is 1. The molecule has 1 N–H and O–H groups in total. The molecule has 116 valence electrons. The Morgan fingerprint density at radius 3 is 2.57 bits per heavy atom. The van der Waals surface area contributed by atoms with Gasteiger partial charge in [0.25, 0.3) is 0 Å². The molecule has 4 nitrogen and oxygen atoms in total. The average molecular weight is 303 g/mol. The van der Waals surface area contributed by atoms with Crippen molar-refractivity contribution in [1.82, 2.24) is 0 Å². The van der Waals surface area contributed by atoms with Crippen LogP contribution in [0.25, 0.3) is 0 Å². The molecule has 1 heterocycles. The highest BCUT2D eigenvalue weighted by Gasteiger charge is 2.37. The maximum atomic E-state index is 13.2. The van der Waals surface area contributed by atoms with Crippen LogP contribution >= 0.6 is 0 Å². The second-order valence-corrected chi connectivity index (χ2v) is 5.56. The van der Waals surface area contributed by atoms with E-state index in [4.69, 9.17) is 9.84 Å². The van der Waals surface area contributed by atoms with Crippen LogP contribution in [0.3, 0.4) is 0 Å². The van der Waals surface area contributed by atoms with E-state index in [-0.39, 0.29) is 11.3 Å². The van der Waals surface area contributed by atoms with E-state index in [9.17, 15) is 18.0 Å². The predicted molar refractivity (Wildman–Crippen MR) is 70.6 cm³/mol. The van der Waals surface area contributed by atoms with Crippen molar-refractivity contribution >= 4 is 11.7 Å². The van der Waals surface area contributed by atoms with Gasteiger partial charge in [-0.15, -0.1) is 0 Å². The first-order valence-electron chi connectivity index (χ1n) is 6.44. The zero-order valence-electron chi connectivity index (χ0n) is 11.7. The lowest BCUT2D eigenvalue weighted by molar-refractivity contribution is -0.137. The number of nitrogens with zero attached hydrogens (tertiary/aromatic N) is 1. The van der Waals surface area contributed by atoms with Gasteiger partial charge in [-0.1, -0.05) is 0 Å². The Morgan fingerprint density at radius 1 is 1.38 bits per heavy atom. The van der Waals surface area contributed by atoms with E-state index < -0.39 is 23.3 Å². The number of rotatable bonds is 2. The zero-order chi connectivity index (χ0) is 15.8. The molecule has 0 spiro atoms. The van der Waals surface area contributed by atoms with Crippen LogP contribution in [0.2, 0.25) is 0 Å². The third-order valence-electron chi connectivity index (χ3n) is 3.32. The van der Waals surface area contributed by atoms with Gasteiger partial charge < -0.3 is 14.7 Å². The molecule has 0 saturated carbocycles. The molecular formula is C14H16F3NO3. The number of benzene rings is 1. The molecular weight excluding hydrogens is 287 g/mol. The number of carboxylic acids is 1. The van der Waals surface area contributed by atoms with Gasteiger partial charge in [0.05, 0.1) is 23.3 Å². The predicted octanol–water partition coefficient (Wildman–Crippen LogP) is 3.02. The monoisotopic (exact) mass is 303 g/mol. The van der Waals surface area contributed by atoms with Crippen molar-refractivity contribution < 1.29 is 27.8 Å². The fourth-order valence-corrected chi connectivity index (χ4v) is 2.39. The van der Waals surface area contributed by atoms with Crippen LogP contribution < -0.4 is 4.90 Å². The van der Waals surface area contributed by atoms with Crippen molar-refractivity contribution in [2.24, 2.45) is 0 Å². The lowest BCUT2D eigenvalue weighted by atomic mass is 10.0. The lowest BCUT2D eigenvalue weighted by Crippen LogP contribution is -2.48. The fourth-order valence-electron chi connectivity index (χ4n) is 2.39. The quantitative estimate of drug-likeness (QED) is 0.912. The summed E-state index contributed by atoms with van der Waals surface area (Å²) in [4.78, 5) is 12.5. The number of hydrogen-bond donors (Lipinski definition) is 1. The highest BCUT2D eigenvalue weighted by atomic mass is 19.4. The molecule has 21 heavy (non-hydrogen) atoms. The smallest absolute Gasteiger partial charge is 0.418 e. The van der Waals surface area contributed by atoms with Crippen LogP contribution in [0.4, 0.5) is 18.9 Å². The molecule has 0 bridgehead atoms. The van der Waals surface area contributed by atoms with Crippen molar-refractivity contribution in [3.63, 3.8) is 0 Å². The molecule has 1 aromatic carbocycles. The Hall–Kier alpha value is -1.76. The number of carbonyl (C=O) groups is 1. The van der Waals surface area contributed by atoms with Crippen LogP contribution in [0, 0.1) is 0 Å². The minimum Gasteiger partial charge on any atom is -0.478 e. The van der Waals surface area contributed by atoms with Crippen LogP contribution in [0.5, 0.6) is 0 Å². The van der Waals surface area contributed by atoms with Gasteiger partial charge in [0, 0.05) is 18.8 Å². The van der Waals surface area contributed by atoms with E-state index in [0.29, 0.717) is 25.8 Å². The summed E-state index contributed by atoms with van der Waals surface area (Å²) in [5, 5.41) is 8.86. The first-order valence-corrected chi connectivity index (χ1v) is 6.44. The van der Waals surface area contributed by atoms with Crippen LogP contribution in [-0.2, 0) is 10.9 Å². The molecule has 2 rings (SSSR count). The van der Waals surface area contributed by atoms with Crippen molar-refractivity contribution in [2.75, 3.05) is 24.6 Å². The number of halogens is 3. The second kappa shape index (κ2) is 5.22. The molecule has 0 atom stereocenters. The molecule has 0 aliphatic carbocycles. The summed E-state index contributed by atoms with van der Waals surface area (Å²) in [6, 6.07) is 3.09. The van der Waals surface area contributed by atoms with E-state index in [1.165, 1.54) is 12.1 Å². The van der Waals surface area contributed by atoms with Gasteiger partial charge in [-0.05, 0) is 32.0 Å². The van der Waals surface area contributed by atoms with Gasteiger partial charge in [0.1, 0.15) is 0 Å². The normalized spacial score (nSPS) is 18.6. The maximum Gasteiger partial charge on any atom is 0.418 e. The number of anilines is 1. The van der Waals surface area contributed by atoms with E-state index in [2.05, 4.69) is 0 Å². The van der Waals surface area contributed by atoms with Crippen molar-refractivity contribution in [3.8, 4) is 0 Å². The molecule has 0 unspecified atom stereocenters. The Bertz CT molecular complexity index is 555. The van der Waals surface area contributed by atoms with E-state index in [1.807, 2.05) is 0 Å². The maximum absolute atomic E-state index is 13.2. The molecule has 1 aromatic rings. The van der Waals surface area contributed by atoms with E-state index in [0.717, 1.165) is 0 Å². The fraction of sp³-hybridized carbons (Fsp3) is 0.500. The Kier molecular flexibility index (Phi) is 3.88. The lowest BCUT2D eigenvalue weighted by Gasteiger charge is -2.40. The second-order valence-electron chi connectivity index (χ2n) is 5.56. The summed E-state index contributed by atoms with van der Waals surface area (Å²) >= 11 is 0. The largest absolute Gasteiger partial charge is 0.478 e. The number of hydrogen-bond acceptors (Lipinski definition) is 3. The zero-order valence-corrected chi connectivity index (χ0v) is 11.7. The first-order chi connectivity index (χ1) is 9.60. The summed E-state index contributed by atoms with van der Waals surface area (Å²) in [6.45, 7) is 4.57. The number of morpholine rings is 1. The summed E-state index contributed by atoms with van der Waals surface area (Å²) in [6.07, 6.45) is -4.61. The minimum absolute atomic E-state index is 0.0103. The summed E-state index contributed by atoms with van der Waals surface area (Å²) in [5.41, 5.74) is -1.87. The van der Waals surface area contributed by atoms with Gasteiger partial charge >= 0.3 is 12.1 Å². The molecule has 7 heteroatoms. The van der Waals surface area contributed by atoms with Gasteiger partial charge in [0.2, 0.25) is 0 Å². The molecule has 0 amide bonds. The SMILES string of the molecule is CC1(C)CN(c2ccc(C(=O)O)cc2C(F)(F)F)CCO1. The van der Waals surface area contributed by atoms with Gasteiger partial charge in [0.15, 0.2) is 0 Å². The molecule has 0 aromatic heterocycles. The number of aromatic carboxylic acids is 1. The van der Waals surface area contributed by atoms with Crippen molar-refractivity contribution in [2.45, 2.75) is 25.6 Å². The van der Waals surface area contributed by atoms with Crippen LogP contribution in [-0.4, -0.2) is 36.4 Å². The topological polar surface area (TPSA) is 49.8 Å². The Balaban J connectivity index is 2.45. The highest BCUT2D eigenvalue weighted by molar-refractivity contribution is 5.88. The third-order valence-corrected chi connectivity index (χ3v) is 3.32. The van der Waals surface area contributed by atoms with Gasteiger partial charge in [-0.25, -0.2) is 4.79 Å². The highest BCUT2D eigenvalue weighted by Crippen LogP contribution is 2.38. The van der Waals surface area contributed by atoms with Gasteiger partial charge in [-0.3, -0.25) is 0 Å². The van der Waals surface area contributed by atoms with Crippen LogP contribution in [0.15, 0.2) is 18.2 Å². The van der Waals surface area contributed by atoms with Crippen molar-refractivity contribution in [3.05, 3.63) is 29.3 Å². The minimum atomic E-state index is -4.61. The van der Waals surface area contributed by atoms with E-state index >= 15 is 0 Å². The standard InChI is InChI=1S/C14H16F3NO3/c1-13(2)8-18(5-6-21-13)11-4-3-9(12(19)20)7-10(11)14(15,16)17/h3-4,7H,5-6,8H2,1-2H3,(H,19,20). The van der Waals surface area contributed by atoms with Crippen LogP contribution in [0.1, 0.15) is 29.8 Å². The summed E-state index contributed by atoms with van der Waals surface area (Å²) < 4.78 is 45.1. The first kappa shape index (κ1) is 15.6. The molecule has 1 fully saturated rings. The number of alkyl halides is 3. The third kappa shape index (κ3) is 3.47. The number of carboxylic acid groups (broad SMARTS) is 1. The molecule has 0 radical (unpaired) electrons. The van der Waals surface area contributed by atoms with Crippen molar-refractivity contribution in [1.29, 1.82) is 0 Å². The average Bonchev–Trinajstić information content (AvgIpc) is 2.35.